The quantitative estimate of drug-likeness (QED) is 0.395. The van der Waals surface area contributed by atoms with E-state index in [-0.39, 0.29) is 17.9 Å². The van der Waals surface area contributed by atoms with E-state index in [9.17, 15) is 14.7 Å². The highest BCUT2D eigenvalue weighted by Gasteiger charge is 2.45. The average Bonchev–Trinajstić information content (AvgIpc) is 2.88. The second kappa shape index (κ2) is 7.00. The van der Waals surface area contributed by atoms with Crippen molar-refractivity contribution in [2.75, 3.05) is 6.54 Å². The van der Waals surface area contributed by atoms with Gasteiger partial charge in [-0.25, -0.2) is 0 Å². The van der Waals surface area contributed by atoms with Crippen LogP contribution in [0.5, 0.6) is 0 Å². The van der Waals surface area contributed by atoms with E-state index in [2.05, 4.69) is 6.58 Å². The highest BCUT2D eigenvalue weighted by Crippen LogP contribution is 2.39. The number of hydrogen-bond acceptors (Lipinski definition) is 3. The molecule has 1 saturated heterocycles. The molecule has 0 unspecified atom stereocenters. The topological polar surface area (TPSA) is 57.6 Å². The van der Waals surface area contributed by atoms with Gasteiger partial charge in [-0.05, 0) is 19.4 Å². The number of carbonyl (C=O) groups is 2. The molecular weight excluding hydrogens is 326 g/mol. The van der Waals surface area contributed by atoms with Crippen molar-refractivity contribution in [1.82, 2.24) is 4.90 Å². The largest absolute Gasteiger partial charge is 0.507 e. The van der Waals surface area contributed by atoms with E-state index < -0.39 is 17.7 Å². The van der Waals surface area contributed by atoms with Crippen molar-refractivity contribution in [2.45, 2.75) is 19.9 Å². The van der Waals surface area contributed by atoms with Crippen LogP contribution >= 0.6 is 0 Å². The summed E-state index contributed by atoms with van der Waals surface area (Å²) in [4.78, 5) is 26.7. The van der Waals surface area contributed by atoms with E-state index >= 15 is 0 Å². The van der Waals surface area contributed by atoms with E-state index in [0.29, 0.717) is 5.56 Å². The average molecular weight is 347 g/mol. The molecule has 2 aromatic carbocycles. The zero-order valence-corrected chi connectivity index (χ0v) is 14.9. The number of carbonyl (C=O) groups excluding carboxylic acids is 2. The molecular formula is C22H21NO3. The Morgan fingerprint density at radius 3 is 2.12 bits per heavy atom. The summed E-state index contributed by atoms with van der Waals surface area (Å²) in [5.74, 6) is -1.44. The lowest BCUT2D eigenvalue weighted by atomic mass is 9.94. The van der Waals surface area contributed by atoms with Crippen molar-refractivity contribution < 1.29 is 14.7 Å². The predicted octanol–water partition coefficient (Wildman–Crippen LogP) is 3.91. The molecule has 132 valence electrons. The Hall–Kier alpha value is -3.14. The number of ketones is 1. The van der Waals surface area contributed by atoms with Gasteiger partial charge in [-0.3, -0.25) is 9.59 Å². The fraction of sp³-hybridized carbons (Fsp3) is 0.182. The van der Waals surface area contributed by atoms with Gasteiger partial charge in [0.1, 0.15) is 5.76 Å². The molecule has 0 radical (unpaired) electrons. The summed E-state index contributed by atoms with van der Waals surface area (Å²) in [5.41, 5.74) is 3.54. The van der Waals surface area contributed by atoms with E-state index in [1.807, 2.05) is 50.2 Å². The molecule has 2 aromatic rings. The Morgan fingerprint density at radius 1 is 1.04 bits per heavy atom. The minimum atomic E-state index is -0.671. The van der Waals surface area contributed by atoms with Crippen molar-refractivity contribution in [3.05, 3.63) is 89.0 Å². The van der Waals surface area contributed by atoms with E-state index in [4.69, 9.17) is 0 Å². The second-order valence-electron chi connectivity index (χ2n) is 6.52. The van der Waals surface area contributed by atoms with Crippen molar-refractivity contribution in [1.29, 1.82) is 0 Å². The molecule has 4 heteroatoms. The third kappa shape index (κ3) is 3.06. The lowest BCUT2D eigenvalue weighted by Gasteiger charge is -2.24. The normalized spacial score (nSPS) is 19.0. The SMILES string of the molecule is C=CCN1C(=O)C(=O)/C(=C(/O)c2ccc(C)cc2)[C@@H]1c1ccc(C)cc1. The van der Waals surface area contributed by atoms with E-state index in [0.717, 1.165) is 16.7 Å². The number of likely N-dealkylation sites (tertiary alicyclic amines) is 1. The van der Waals surface area contributed by atoms with Crippen LogP contribution in [0.1, 0.15) is 28.3 Å². The van der Waals surface area contributed by atoms with Crippen LogP contribution in [0, 0.1) is 13.8 Å². The number of amides is 1. The Balaban J connectivity index is 2.18. The summed E-state index contributed by atoms with van der Waals surface area (Å²) < 4.78 is 0. The predicted molar refractivity (Wildman–Crippen MR) is 102 cm³/mol. The summed E-state index contributed by atoms with van der Waals surface area (Å²) in [5, 5.41) is 10.8. The number of benzene rings is 2. The van der Waals surface area contributed by atoms with Crippen LogP contribution in [-0.2, 0) is 9.59 Å². The minimum Gasteiger partial charge on any atom is -0.507 e. The molecule has 0 saturated carbocycles. The standard InChI is InChI=1S/C22H21NO3/c1-4-13-23-19(16-9-5-14(2)6-10-16)18(21(25)22(23)26)20(24)17-11-7-15(3)8-12-17/h4-12,19,24H,1,13H2,2-3H3/b20-18+/t19-/m0/s1. The van der Waals surface area contributed by atoms with E-state index in [1.165, 1.54) is 4.90 Å². The van der Waals surface area contributed by atoms with Crippen LogP contribution in [0.25, 0.3) is 5.76 Å². The Morgan fingerprint density at radius 2 is 1.58 bits per heavy atom. The van der Waals surface area contributed by atoms with Crippen LogP contribution in [0.15, 0.2) is 66.8 Å². The van der Waals surface area contributed by atoms with Crippen molar-refractivity contribution >= 4 is 17.4 Å². The molecule has 1 aliphatic heterocycles. The third-order valence-electron chi connectivity index (χ3n) is 4.58. The van der Waals surface area contributed by atoms with Gasteiger partial charge in [-0.15, -0.1) is 6.58 Å². The van der Waals surface area contributed by atoms with Crippen molar-refractivity contribution in [3.63, 3.8) is 0 Å². The first-order valence-electron chi connectivity index (χ1n) is 8.47. The Bertz CT molecular complexity index is 892. The molecule has 4 nitrogen and oxygen atoms in total. The number of Topliss-reactive ketones (excluding diaryl/α,β-unsaturated/α-hetero) is 1. The molecule has 1 atom stereocenters. The minimum absolute atomic E-state index is 0.115. The molecule has 0 aromatic heterocycles. The third-order valence-corrected chi connectivity index (χ3v) is 4.58. The second-order valence-corrected chi connectivity index (χ2v) is 6.52. The number of rotatable bonds is 4. The molecule has 1 aliphatic rings. The van der Waals surface area contributed by atoms with Crippen LogP contribution in [-0.4, -0.2) is 28.2 Å². The summed E-state index contributed by atoms with van der Waals surface area (Å²) >= 11 is 0. The first-order chi connectivity index (χ1) is 12.4. The lowest BCUT2D eigenvalue weighted by molar-refractivity contribution is -0.139. The van der Waals surface area contributed by atoms with Gasteiger partial charge >= 0.3 is 0 Å². The van der Waals surface area contributed by atoms with E-state index in [1.54, 1.807) is 18.2 Å². The fourth-order valence-electron chi connectivity index (χ4n) is 3.17. The van der Waals surface area contributed by atoms with Crippen LogP contribution in [0.3, 0.4) is 0 Å². The maximum atomic E-state index is 12.7. The van der Waals surface area contributed by atoms with Gasteiger partial charge in [0.2, 0.25) is 0 Å². The first kappa shape index (κ1) is 17.7. The zero-order valence-electron chi connectivity index (χ0n) is 14.9. The van der Waals surface area contributed by atoms with Gasteiger partial charge in [0, 0.05) is 12.1 Å². The van der Waals surface area contributed by atoms with Gasteiger partial charge in [0.25, 0.3) is 11.7 Å². The Labute approximate surface area is 153 Å². The molecule has 1 heterocycles. The fourth-order valence-corrected chi connectivity index (χ4v) is 3.17. The lowest BCUT2D eigenvalue weighted by Crippen LogP contribution is -2.29. The highest BCUT2D eigenvalue weighted by atomic mass is 16.3. The molecule has 0 spiro atoms. The first-order valence-corrected chi connectivity index (χ1v) is 8.47. The molecule has 1 fully saturated rings. The monoisotopic (exact) mass is 347 g/mol. The Kier molecular flexibility index (Phi) is 4.76. The maximum Gasteiger partial charge on any atom is 0.295 e. The van der Waals surface area contributed by atoms with Gasteiger partial charge < -0.3 is 10.0 Å². The molecule has 1 N–H and O–H groups in total. The maximum absolute atomic E-state index is 12.7. The van der Waals surface area contributed by atoms with Crippen LogP contribution < -0.4 is 0 Å². The number of aliphatic hydroxyl groups excluding tert-OH is 1. The van der Waals surface area contributed by atoms with Gasteiger partial charge in [-0.1, -0.05) is 65.7 Å². The highest BCUT2D eigenvalue weighted by molar-refractivity contribution is 6.46. The molecule has 3 rings (SSSR count). The molecule has 0 aliphatic carbocycles. The van der Waals surface area contributed by atoms with Gasteiger partial charge in [-0.2, -0.15) is 0 Å². The van der Waals surface area contributed by atoms with Crippen LogP contribution in [0.4, 0.5) is 0 Å². The summed E-state index contributed by atoms with van der Waals surface area (Å²) in [6, 6.07) is 14.2. The summed E-state index contributed by atoms with van der Waals surface area (Å²) in [7, 11) is 0. The van der Waals surface area contributed by atoms with Crippen molar-refractivity contribution in [2.24, 2.45) is 0 Å². The number of nitrogens with zero attached hydrogens (tertiary/aromatic N) is 1. The number of hydrogen-bond donors (Lipinski definition) is 1. The summed E-state index contributed by atoms with van der Waals surface area (Å²) in [6.45, 7) is 7.82. The molecule has 0 bridgehead atoms. The number of aliphatic hydroxyl groups is 1. The van der Waals surface area contributed by atoms with Crippen LogP contribution in [0.2, 0.25) is 0 Å². The summed E-state index contributed by atoms with van der Waals surface area (Å²) in [6.07, 6.45) is 1.58. The number of aryl methyl sites for hydroxylation is 2. The smallest absolute Gasteiger partial charge is 0.295 e. The molecule has 1 amide bonds. The zero-order chi connectivity index (χ0) is 18.8. The van der Waals surface area contributed by atoms with Gasteiger partial charge in [0.05, 0.1) is 11.6 Å². The van der Waals surface area contributed by atoms with Gasteiger partial charge in [0.15, 0.2) is 0 Å². The van der Waals surface area contributed by atoms with Crippen molar-refractivity contribution in [3.8, 4) is 0 Å². The molecule has 26 heavy (non-hydrogen) atoms.